The first-order valence-electron chi connectivity index (χ1n) is 13.8. The lowest BCUT2D eigenvalue weighted by atomic mass is 9.91. The van der Waals surface area contributed by atoms with Crippen molar-refractivity contribution in [3.8, 4) is 0 Å². The van der Waals surface area contributed by atoms with E-state index in [9.17, 15) is 18.0 Å². The summed E-state index contributed by atoms with van der Waals surface area (Å²) < 4.78 is 42.1. The van der Waals surface area contributed by atoms with Gasteiger partial charge in [-0.3, -0.25) is 9.59 Å². The van der Waals surface area contributed by atoms with Crippen molar-refractivity contribution in [1.29, 1.82) is 0 Å². The summed E-state index contributed by atoms with van der Waals surface area (Å²) in [6.07, 6.45) is 5.35. The fourth-order valence-corrected chi connectivity index (χ4v) is 5.67. The zero-order valence-electron chi connectivity index (χ0n) is 23.8. The number of β-lactam (4-membered cyclic amide) rings is 1. The van der Waals surface area contributed by atoms with Gasteiger partial charge in [0.2, 0.25) is 15.9 Å². The second-order valence-electron chi connectivity index (χ2n) is 11.3. The van der Waals surface area contributed by atoms with E-state index in [1.807, 2.05) is 43.0 Å². The summed E-state index contributed by atoms with van der Waals surface area (Å²) in [6, 6.07) is 16.3. The third-order valence-electron chi connectivity index (χ3n) is 7.36. The summed E-state index contributed by atoms with van der Waals surface area (Å²) in [4.78, 5) is 26.1. The Morgan fingerprint density at radius 3 is 2.12 bits per heavy atom. The van der Waals surface area contributed by atoms with E-state index >= 15 is 0 Å². The Labute approximate surface area is 237 Å². The molecule has 40 heavy (non-hydrogen) atoms. The summed E-state index contributed by atoms with van der Waals surface area (Å²) in [7, 11) is -3.17. The maximum atomic E-state index is 12.5. The summed E-state index contributed by atoms with van der Waals surface area (Å²) in [5.41, 5.74) is 3.45. The van der Waals surface area contributed by atoms with Crippen molar-refractivity contribution in [2.45, 2.75) is 76.7 Å². The molecule has 9 nitrogen and oxygen atoms in total. The van der Waals surface area contributed by atoms with Crippen LogP contribution in [0.15, 0.2) is 48.5 Å². The van der Waals surface area contributed by atoms with E-state index < -0.39 is 21.4 Å². The van der Waals surface area contributed by atoms with Crippen molar-refractivity contribution in [2.24, 2.45) is 0 Å². The van der Waals surface area contributed by atoms with Crippen LogP contribution in [0.4, 0.5) is 5.69 Å². The molecule has 0 spiro atoms. The number of aryl methyl sites for hydroxylation is 2. The van der Waals surface area contributed by atoms with E-state index in [1.165, 1.54) is 12.5 Å². The number of amides is 1. The van der Waals surface area contributed by atoms with Gasteiger partial charge in [-0.05, 0) is 74.8 Å². The minimum absolute atomic E-state index is 0.00140. The van der Waals surface area contributed by atoms with Crippen LogP contribution in [0.5, 0.6) is 0 Å². The largest absolute Gasteiger partial charge is 0.454 e. The highest BCUT2D eigenvalue weighted by molar-refractivity contribution is 7.88. The van der Waals surface area contributed by atoms with Crippen LogP contribution in [-0.2, 0) is 46.7 Å². The molecule has 0 aliphatic carbocycles. The minimum Gasteiger partial charge on any atom is -0.454 e. The number of anilines is 1. The lowest BCUT2D eigenvalue weighted by Gasteiger charge is -2.42. The molecule has 10 heteroatoms. The third-order valence-corrected chi connectivity index (χ3v) is 8.09. The van der Waals surface area contributed by atoms with E-state index in [4.69, 9.17) is 14.2 Å². The van der Waals surface area contributed by atoms with Gasteiger partial charge in [-0.15, -0.1) is 0 Å². The van der Waals surface area contributed by atoms with Gasteiger partial charge in [0.05, 0.1) is 31.9 Å². The van der Waals surface area contributed by atoms with Crippen molar-refractivity contribution in [1.82, 2.24) is 4.72 Å². The topological polar surface area (TPSA) is 111 Å². The number of sulfonamides is 1. The first kappa shape index (κ1) is 30.2. The quantitative estimate of drug-likeness (QED) is 0.232. The van der Waals surface area contributed by atoms with Crippen LogP contribution < -0.4 is 9.62 Å². The SMILES string of the molecule is CC(=O)OC1(CCCc2ccc(C3CC(=O)N3c3ccc(CCCNS(C)(=O)=O)cc3)cc2)COC(C)(C)OC1. The van der Waals surface area contributed by atoms with Crippen LogP contribution in [0.3, 0.4) is 0 Å². The smallest absolute Gasteiger partial charge is 0.303 e. The van der Waals surface area contributed by atoms with Crippen molar-refractivity contribution in [3.05, 3.63) is 65.2 Å². The Balaban J connectivity index is 1.30. The average Bonchev–Trinajstić information content (AvgIpc) is 2.88. The third kappa shape index (κ3) is 8.13. The van der Waals surface area contributed by atoms with E-state index in [0.29, 0.717) is 39.0 Å². The second kappa shape index (κ2) is 12.4. The fourth-order valence-electron chi connectivity index (χ4n) is 5.15. The van der Waals surface area contributed by atoms with Crippen LogP contribution in [0.1, 0.15) is 69.2 Å². The van der Waals surface area contributed by atoms with Gasteiger partial charge in [-0.2, -0.15) is 0 Å². The number of hydrogen-bond acceptors (Lipinski definition) is 7. The van der Waals surface area contributed by atoms with Gasteiger partial charge in [-0.25, -0.2) is 13.1 Å². The standard InChI is InChI=1S/C30H40N2O7S/c1-22(33)39-30(20-37-29(2,3)38-21-30)17-5-7-23-9-13-25(14-10-23)27-19-28(34)32(27)26-15-11-24(12-16-26)8-6-18-31-40(4,35)36/h9-16,27,31H,5-8,17-21H2,1-4H3. The normalized spacial score (nSPS) is 20.1. The lowest BCUT2D eigenvalue weighted by molar-refractivity contribution is -0.305. The van der Waals surface area contributed by atoms with Crippen LogP contribution in [0, 0.1) is 0 Å². The molecule has 218 valence electrons. The zero-order chi connectivity index (χ0) is 29.0. The maximum Gasteiger partial charge on any atom is 0.303 e. The predicted octanol–water partition coefficient (Wildman–Crippen LogP) is 4.05. The summed E-state index contributed by atoms with van der Waals surface area (Å²) in [5, 5.41) is 0. The number of ether oxygens (including phenoxy) is 3. The molecule has 2 aromatic rings. The van der Waals surface area contributed by atoms with Gasteiger partial charge in [0.25, 0.3) is 0 Å². The van der Waals surface area contributed by atoms with Gasteiger partial charge in [0.15, 0.2) is 11.4 Å². The van der Waals surface area contributed by atoms with Crippen molar-refractivity contribution in [3.63, 3.8) is 0 Å². The number of nitrogens with one attached hydrogen (secondary N) is 1. The number of nitrogens with zero attached hydrogens (tertiary/aromatic N) is 1. The van der Waals surface area contributed by atoms with E-state index in [-0.39, 0.29) is 17.9 Å². The Hall–Kier alpha value is -2.79. The second-order valence-corrected chi connectivity index (χ2v) is 13.1. The molecule has 2 saturated heterocycles. The molecule has 2 fully saturated rings. The van der Waals surface area contributed by atoms with Crippen molar-refractivity contribution >= 4 is 27.6 Å². The highest BCUT2D eigenvalue weighted by Gasteiger charge is 2.42. The highest BCUT2D eigenvalue weighted by atomic mass is 32.2. The molecule has 1 unspecified atom stereocenters. The van der Waals surface area contributed by atoms with Gasteiger partial charge >= 0.3 is 5.97 Å². The van der Waals surface area contributed by atoms with E-state index in [0.717, 1.165) is 42.3 Å². The number of hydrogen-bond donors (Lipinski definition) is 1. The molecule has 2 heterocycles. The van der Waals surface area contributed by atoms with Gasteiger partial charge in [0.1, 0.15) is 0 Å². The van der Waals surface area contributed by atoms with Gasteiger partial charge in [-0.1, -0.05) is 36.4 Å². The van der Waals surface area contributed by atoms with E-state index in [2.05, 4.69) is 29.0 Å². The molecule has 4 rings (SSSR count). The molecule has 1 atom stereocenters. The number of benzene rings is 2. The van der Waals surface area contributed by atoms with E-state index in [1.54, 1.807) is 0 Å². The molecule has 0 bridgehead atoms. The predicted molar refractivity (Wildman–Crippen MR) is 152 cm³/mol. The van der Waals surface area contributed by atoms with Crippen LogP contribution in [0.2, 0.25) is 0 Å². The summed E-state index contributed by atoms with van der Waals surface area (Å²) in [6.45, 7) is 6.13. The Morgan fingerprint density at radius 1 is 1.00 bits per heavy atom. The van der Waals surface area contributed by atoms with Crippen molar-refractivity contribution in [2.75, 3.05) is 30.9 Å². The number of esters is 1. The number of carbonyl (C=O) groups is 2. The fraction of sp³-hybridized carbons (Fsp3) is 0.533. The molecule has 2 aromatic carbocycles. The zero-order valence-corrected chi connectivity index (χ0v) is 24.6. The molecular formula is C30H40N2O7S. The summed E-state index contributed by atoms with van der Waals surface area (Å²) >= 11 is 0. The molecule has 2 aliphatic heterocycles. The molecule has 0 radical (unpaired) electrons. The van der Waals surface area contributed by atoms with Gasteiger partial charge < -0.3 is 19.1 Å². The first-order chi connectivity index (χ1) is 18.8. The van der Waals surface area contributed by atoms with Crippen LogP contribution >= 0.6 is 0 Å². The minimum atomic E-state index is -3.17. The lowest BCUT2D eigenvalue weighted by Crippen LogP contribution is -2.53. The average molecular weight is 573 g/mol. The van der Waals surface area contributed by atoms with Crippen molar-refractivity contribution < 1.29 is 32.2 Å². The first-order valence-corrected chi connectivity index (χ1v) is 15.7. The molecule has 1 N–H and O–H groups in total. The number of carbonyl (C=O) groups excluding carboxylic acids is 2. The molecular weight excluding hydrogens is 532 g/mol. The monoisotopic (exact) mass is 572 g/mol. The molecule has 0 aromatic heterocycles. The number of rotatable bonds is 12. The molecule has 0 saturated carbocycles. The van der Waals surface area contributed by atoms with Crippen LogP contribution in [0.25, 0.3) is 0 Å². The Bertz CT molecular complexity index is 1280. The summed E-state index contributed by atoms with van der Waals surface area (Å²) in [5.74, 6) is -0.931. The van der Waals surface area contributed by atoms with Gasteiger partial charge in [0, 0.05) is 19.2 Å². The van der Waals surface area contributed by atoms with Crippen LogP contribution in [-0.4, -0.2) is 57.7 Å². The molecule has 2 aliphatic rings. The Morgan fingerprint density at radius 2 is 1.57 bits per heavy atom. The Kier molecular flexibility index (Phi) is 9.34. The molecule has 1 amide bonds. The highest BCUT2D eigenvalue weighted by Crippen LogP contribution is 2.39. The maximum absolute atomic E-state index is 12.5.